The van der Waals surface area contributed by atoms with Crippen LogP contribution in [-0.2, 0) is 16.0 Å². The number of para-hydroxylation sites is 1. The minimum Gasteiger partial charge on any atom is -0.497 e. The molecule has 3 heterocycles. The lowest BCUT2D eigenvalue weighted by molar-refractivity contribution is -0.161. The Morgan fingerprint density at radius 1 is 1.00 bits per heavy atom. The quantitative estimate of drug-likeness (QED) is 0.660. The number of hydrogen-bond acceptors (Lipinski definition) is 3. The molecule has 0 spiro atoms. The van der Waals surface area contributed by atoms with Crippen molar-refractivity contribution in [3.05, 3.63) is 65.4 Å². The van der Waals surface area contributed by atoms with Crippen molar-refractivity contribution in [1.82, 2.24) is 14.8 Å². The molecule has 6 nitrogen and oxygen atoms in total. The molecule has 3 aromatic rings. The Kier molecular flexibility index (Phi) is 4.89. The molecule has 2 aliphatic heterocycles. The van der Waals surface area contributed by atoms with Gasteiger partial charge in [0.1, 0.15) is 18.3 Å². The van der Waals surface area contributed by atoms with Crippen LogP contribution in [0.3, 0.4) is 0 Å². The van der Waals surface area contributed by atoms with E-state index in [0.29, 0.717) is 6.42 Å². The molecule has 0 bridgehead atoms. The van der Waals surface area contributed by atoms with Gasteiger partial charge in [-0.2, -0.15) is 0 Å². The zero-order valence-corrected chi connectivity index (χ0v) is 18.9. The molecule has 2 atom stereocenters. The third kappa shape index (κ3) is 3.23. The van der Waals surface area contributed by atoms with E-state index in [9.17, 15) is 9.59 Å². The number of methoxy groups -OCH3 is 1. The fraction of sp³-hybridized carbons (Fsp3) is 0.407. The van der Waals surface area contributed by atoms with E-state index < -0.39 is 6.04 Å². The highest BCUT2D eigenvalue weighted by molar-refractivity contribution is 5.97. The fourth-order valence-electron chi connectivity index (χ4n) is 6.15. The highest BCUT2D eigenvalue weighted by Crippen LogP contribution is 2.43. The van der Waals surface area contributed by atoms with Crippen LogP contribution in [0.4, 0.5) is 0 Å². The molecule has 33 heavy (non-hydrogen) atoms. The highest BCUT2D eigenvalue weighted by Gasteiger charge is 2.49. The minimum absolute atomic E-state index is 0.0299. The number of carbonyl (C=O) groups excluding carboxylic acids is 2. The molecule has 1 unspecified atom stereocenters. The maximum atomic E-state index is 13.9. The minimum atomic E-state index is -0.476. The Morgan fingerprint density at radius 3 is 2.64 bits per heavy atom. The summed E-state index contributed by atoms with van der Waals surface area (Å²) in [7, 11) is 1.65. The number of aromatic nitrogens is 1. The van der Waals surface area contributed by atoms with Gasteiger partial charge in [0.15, 0.2) is 0 Å². The molecule has 6 heteroatoms. The summed E-state index contributed by atoms with van der Waals surface area (Å²) in [5.74, 6) is 0.875. The van der Waals surface area contributed by atoms with Gasteiger partial charge in [0.2, 0.25) is 11.8 Å². The number of nitrogens with one attached hydrogen (secondary N) is 1. The molecule has 1 N–H and O–H groups in total. The lowest BCUT2D eigenvalue weighted by Gasteiger charge is -2.49. The SMILES string of the molecule is COc1cccc(C2c3[nH]c4ccccc4c3C[C@H]3C(=O)N(C4CCCCC4)CC(=O)N23)c1. The topological polar surface area (TPSA) is 65.6 Å². The van der Waals surface area contributed by atoms with Crippen LogP contribution in [0, 0.1) is 0 Å². The number of ether oxygens (including phenoxy) is 1. The smallest absolute Gasteiger partial charge is 0.246 e. The molecule has 2 amide bonds. The molecule has 0 radical (unpaired) electrons. The zero-order valence-electron chi connectivity index (χ0n) is 18.9. The van der Waals surface area contributed by atoms with E-state index in [1.54, 1.807) is 7.11 Å². The number of amides is 2. The van der Waals surface area contributed by atoms with Gasteiger partial charge in [-0.05, 0) is 42.2 Å². The van der Waals surface area contributed by atoms with E-state index in [2.05, 4.69) is 17.1 Å². The molecule has 6 rings (SSSR count). The molecule has 2 aromatic carbocycles. The van der Waals surface area contributed by atoms with Crippen molar-refractivity contribution in [2.24, 2.45) is 0 Å². The van der Waals surface area contributed by atoms with E-state index in [-0.39, 0.29) is 30.4 Å². The number of benzene rings is 2. The number of carbonyl (C=O) groups is 2. The number of H-pyrrole nitrogens is 1. The molecular formula is C27H29N3O3. The second-order valence-corrected chi connectivity index (χ2v) is 9.52. The van der Waals surface area contributed by atoms with Gasteiger partial charge in [0, 0.05) is 29.1 Å². The summed E-state index contributed by atoms with van der Waals surface area (Å²) in [6.45, 7) is 0.177. The van der Waals surface area contributed by atoms with Crippen LogP contribution in [0.1, 0.15) is 55.0 Å². The maximum Gasteiger partial charge on any atom is 0.246 e. The van der Waals surface area contributed by atoms with Crippen LogP contribution in [0.5, 0.6) is 5.75 Å². The second-order valence-electron chi connectivity index (χ2n) is 9.52. The Bertz CT molecular complexity index is 1230. The largest absolute Gasteiger partial charge is 0.497 e. The van der Waals surface area contributed by atoms with Crippen LogP contribution in [0.2, 0.25) is 0 Å². The first kappa shape index (κ1) is 20.3. The van der Waals surface area contributed by atoms with Crippen molar-refractivity contribution in [2.45, 2.75) is 56.7 Å². The lowest BCUT2D eigenvalue weighted by Crippen LogP contribution is -2.65. The molecular weight excluding hydrogens is 414 g/mol. The number of nitrogens with zero attached hydrogens (tertiary/aromatic N) is 2. The van der Waals surface area contributed by atoms with Crippen LogP contribution in [0.15, 0.2) is 48.5 Å². The van der Waals surface area contributed by atoms with Gasteiger partial charge in [0.25, 0.3) is 0 Å². The van der Waals surface area contributed by atoms with Gasteiger partial charge in [0.05, 0.1) is 13.2 Å². The van der Waals surface area contributed by atoms with Crippen LogP contribution in [0.25, 0.3) is 10.9 Å². The number of hydrogen-bond donors (Lipinski definition) is 1. The zero-order chi connectivity index (χ0) is 22.5. The van der Waals surface area contributed by atoms with Crippen LogP contribution in [-0.4, -0.2) is 52.3 Å². The van der Waals surface area contributed by atoms with Gasteiger partial charge in [-0.25, -0.2) is 0 Å². The Hall–Kier alpha value is -3.28. The summed E-state index contributed by atoms with van der Waals surface area (Å²) in [5.41, 5.74) is 4.15. The standard InChI is InChI=1S/C27H29N3O3/c1-33-19-11-7-8-17(14-19)26-25-21(20-12-5-6-13-22(20)28-25)15-23-27(32)29(16-24(31)30(23)26)18-9-3-2-4-10-18/h5-8,11-14,18,23,26,28H,2-4,9-10,15-16H2,1H3/t23-,26?/m0/s1. The molecule has 1 saturated carbocycles. The van der Waals surface area contributed by atoms with Gasteiger partial charge in [-0.1, -0.05) is 49.6 Å². The van der Waals surface area contributed by atoms with E-state index in [0.717, 1.165) is 59.2 Å². The van der Waals surface area contributed by atoms with Gasteiger partial charge >= 0.3 is 0 Å². The summed E-state index contributed by atoms with van der Waals surface area (Å²) >= 11 is 0. The molecule has 2 fully saturated rings. The first-order valence-electron chi connectivity index (χ1n) is 12.0. The maximum absolute atomic E-state index is 13.9. The molecule has 1 saturated heterocycles. The lowest BCUT2D eigenvalue weighted by atomic mass is 9.85. The third-order valence-corrected chi connectivity index (χ3v) is 7.72. The molecule has 1 aliphatic carbocycles. The third-order valence-electron chi connectivity index (χ3n) is 7.72. The van der Waals surface area contributed by atoms with E-state index >= 15 is 0 Å². The average molecular weight is 444 g/mol. The predicted molar refractivity (Wildman–Crippen MR) is 126 cm³/mol. The predicted octanol–water partition coefficient (Wildman–Crippen LogP) is 4.19. The number of piperazine rings is 1. The fourth-order valence-corrected chi connectivity index (χ4v) is 6.15. The van der Waals surface area contributed by atoms with Crippen molar-refractivity contribution in [3.8, 4) is 5.75 Å². The average Bonchev–Trinajstić information content (AvgIpc) is 3.24. The van der Waals surface area contributed by atoms with Crippen LogP contribution >= 0.6 is 0 Å². The van der Waals surface area contributed by atoms with Crippen molar-refractivity contribution < 1.29 is 14.3 Å². The van der Waals surface area contributed by atoms with Gasteiger partial charge in [-0.15, -0.1) is 0 Å². The summed E-state index contributed by atoms with van der Waals surface area (Å²) in [6, 6.07) is 15.5. The van der Waals surface area contributed by atoms with Crippen molar-refractivity contribution in [2.75, 3.05) is 13.7 Å². The normalized spacial score (nSPS) is 23.5. The number of aromatic amines is 1. The molecule has 170 valence electrons. The summed E-state index contributed by atoms with van der Waals surface area (Å²) < 4.78 is 5.48. The highest BCUT2D eigenvalue weighted by atomic mass is 16.5. The first-order valence-corrected chi connectivity index (χ1v) is 12.0. The van der Waals surface area contributed by atoms with Gasteiger partial charge in [-0.3, -0.25) is 9.59 Å². The summed E-state index contributed by atoms with van der Waals surface area (Å²) in [4.78, 5) is 34.9. The van der Waals surface area contributed by atoms with Crippen molar-refractivity contribution in [1.29, 1.82) is 0 Å². The second kappa shape index (κ2) is 7.94. The number of fused-ring (bicyclic) bond motifs is 4. The van der Waals surface area contributed by atoms with E-state index in [1.165, 1.54) is 6.42 Å². The van der Waals surface area contributed by atoms with E-state index in [1.807, 2.05) is 46.2 Å². The van der Waals surface area contributed by atoms with Gasteiger partial charge < -0.3 is 19.5 Å². The molecule has 1 aromatic heterocycles. The first-order chi connectivity index (χ1) is 16.2. The van der Waals surface area contributed by atoms with Crippen molar-refractivity contribution in [3.63, 3.8) is 0 Å². The Labute approximate surface area is 193 Å². The molecule has 3 aliphatic rings. The Balaban J connectivity index is 1.49. The monoisotopic (exact) mass is 443 g/mol. The van der Waals surface area contributed by atoms with E-state index in [4.69, 9.17) is 4.74 Å². The Morgan fingerprint density at radius 2 is 1.82 bits per heavy atom. The summed E-state index contributed by atoms with van der Waals surface area (Å²) in [5, 5.41) is 1.13. The van der Waals surface area contributed by atoms with Crippen molar-refractivity contribution >= 4 is 22.7 Å². The summed E-state index contributed by atoms with van der Waals surface area (Å²) in [6.07, 6.45) is 6.05. The van der Waals surface area contributed by atoms with Crippen LogP contribution < -0.4 is 4.74 Å². The number of rotatable bonds is 3.